The molecule has 1 rings (SSSR count). The molecular weight excluding hydrogens is 420 g/mol. The van der Waals surface area contributed by atoms with Gasteiger partial charge in [-0.3, -0.25) is 0 Å². The van der Waals surface area contributed by atoms with Crippen molar-refractivity contribution in [1.29, 1.82) is 0 Å². The van der Waals surface area contributed by atoms with Crippen molar-refractivity contribution in [3.8, 4) is 0 Å². The van der Waals surface area contributed by atoms with Crippen molar-refractivity contribution >= 4 is 68.7 Å². The third-order valence-electron chi connectivity index (χ3n) is 1.93. The van der Waals surface area contributed by atoms with Gasteiger partial charge in [-0.05, 0) is 71.4 Å². The van der Waals surface area contributed by atoms with Crippen molar-refractivity contribution < 1.29 is 8.39 Å². The van der Waals surface area contributed by atoms with Crippen LogP contribution in [0.2, 0.25) is 0 Å². The van der Waals surface area contributed by atoms with Gasteiger partial charge < -0.3 is 0 Å². The van der Waals surface area contributed by atoms with Crippen LogP contribution in [0.3, 0.4) is 0 Å². The first-order chi connectivity index (χ1) is 6.47. The van der Waals surface area contributed by atoms with Gasteiger partial charge in [0.25, 0.3) is 0 Å². The van der Waals surface area contributed by atoms with Crippen LogP contribution in [0.15, 0.2) is 0 Å². The minimum absolute atomic E-state index is 0.486. The molecular formula is C7H11Br3O2S2. The molecule has 2 nitrogen and oxygen atoms in total. The van der Waals surface area contributed by atoms with E-state index in [-0.39, 0.29) is 0 Å². The Morgan fingerprint density at radius 3 is 2.29 bits per heavy atom. The lowest BCUT2D eigenvalue weighted by Crippen LogP contribution is -2.13. The lowest BCUT2D eigenvalue weighted by molar-refractivity contribution is 0.398. The molecule has 1 unspecified atom stereocenters. The molecule has 0 heterocycles. The fraction of sp³-hybridized carbons (Fsp3) is 1.00. The highest BCUT2D eigenvalue weighted by Crippen LogP contribution is 2.39. The highest BCUT2D eigenvalue weighted by atomic mass is 80.0. The second-order valence-corrected chi connectivity index (χ2v) is 12.5. The molecule has 1 saturated carbocycles. The Hall–Kier alpha value is 1.90. The fourth-order valence-corrected chi connectivity index (χ4v) is 5.85. The van der Waals surface area contributed by atoms with Gasteiger partial charge in [0, 0.05) is 5.25 Å². The Bertz CT molecular complexity index is 202. The first-order valence-electron chi connectivity index (χ1n) is 4.32. The second-order valence-electron chi connectivity index (χ2n) is 3.09. The van der Waals surface area contributed by atoms with Crippen LogP contribution in [0.5, 0.6) is 0 Å². The molecule has 0 saturated heterocycles. The van der Waals surface area contributed by atoms with E-state index in [1.54, 1.807) is 0 Å². The molecule has 7 heteroatoms. The van der Waals surface area contributed by atoms with Crippen LogP contribution < -0.4 is 0 Å². The Kier molecular flexibility index (Phi) is 6.57. The van der Waals surface area contributed by atoms with Gasteiger partial charge in [0.05, 0.1) is 0 Å². The van der Waals surface area contributed by atoms with Crippen LogP contribution in [0, 0.1) is 0 Å². The molecule has 1 atom stereocenters. The number of halogens is 3. The highest BCUT2D eigenvalue weighted by Gasteiger charge is 2.25. The first kappa shape index (κ1) is 14.0. The second kappa shape index (κ2) is 6.59. The van der Waals surface area contributed by atoms with Gasteiger partial charge in [0.1, 0.15) is 0 Å². The zero-order valence-corrected chi connectivity index (χ0v) is 13.8. The zero-order chi connectivity index (χ0) is 10.6. The molecule has 0 N–H and O–H groups in total. The van der Waals surface area contributed by atoms with E-state index in [4.69, 9.17) is 4.18 Å². The SMILES string of the molecule is O=S(OC(Br)(Br)Br)SC1CCCCC1. The molecule has 14 heavy (non-hydrogen) atoms. The van der Waals surface area contributed by atoms with E-state index in [1.807, 2.05) is 0 Å². The van der Waals surface area contributed by atoms with Gasteiger partial charge in [0.15, 0.2) is 0 Å². The average Bonchev–Trinajstić information content (AvgIpc) is 2.02. The van der Waals surface area contributed by atoms with Crippen LogP contribution in [0.4, 0.5) is 0 Å². The van der Waals surface area contributed by atoms with Crippen LogP contribution in [0.25, 0.3) is 0 Å². The standard InChI is InChI=1S/C7H11Br3O2S2/c8-7(9,10)12-14(11)13-6-4-2-1-3-5-6/h6H,1-5H2. The maximum atomic E-state index is 11.5. The van der Waals surface area contributed by atoms with Crippen molar-refractivity contribution in [3.63, 3.8) is 0 Å². The summed E-state index contributed by atoms with van der Waals surface area (Å²) in [5.41, 5.74) is 0. The van der Waals surface area contributed by atoms with Crippen LogP contribution in [-0.2, 0) is 14.3 Å². The van der Waals surface area contributed by atoms with Gasteiger partial charge in [-0.25, -0.2) is 8.39 Å². The average molecular weight is 431 g/mol. The molecule has 0 amide bonds. The van der Waals surface area contributed by atoms with E-state index in [9.17, 15) is 4.21 Å². The van der Waals surface area contributed by atoms with Crippen molar-refractivity contribution in [2.75, 3.05) is 0 Å². The lowest BCUT2D eigenvalue weighted by Gasteiger charge is -2.20. The van der Waals surface area contributed by atoms with E-state index < -0.39 is 12.4 Å². The Morgan fingerprint density at radius 2 is 1.79 bits per heavy atom. The predicted octanol–water partition coefficient (Wildman–Crippen LogP) is 4.44. The summed E-state index contributed by atoms with van der Waals surface area (Å²) < 4.78 is 15.8. The summed E-state index contributed by atoms with van der Waals surface area (Å²) in [7, 11) is 0.0964. The quantitative estimate of drug-likeness (QED) is 0.489. The third kappa shape index (κ3) is 6.48. The van der Waals surface area contributed by atoms with Crippen molar-refractivity contribution in [2.45, 2.75) is 39.7 Å². The summed E-state index contributed by atoms with van der Waals surface area (Å²) in [5.74, 6) is 0. The molecule has 0 radical (unpaired) electrons. The minimum atomic E-state index is -1.31. The molecule has 0 aliphatic heterocycles. The number of rotatable bonds is 3. The summed E-state index contributed by atoms with van der Waals surface area (Å²) >= 11 is 9.45. The van der Waals surface area contributed by atoms with Crippen molar-refractivity contribution in [3.05, 3.63) is 0 Å². The van der Waals surface area contributed by atoms with Crippen molar-refractivity contribution in [1.82, 2.24) is 0 Å². The smallest absolute Gasteiger partial charge is 0.241 e. The molecule has 0 aromatic carbocycles. The van der Waals surface area contributed by atoms with Crippen LogP contribution >= 0.6 is 58.6 Å². The molecule has 0 spiro atoms. The van der Waals surface area contributed by atoms with Gasteiger partial charge in [-0.1, -0.05) is 19.3 Å². The first-order valence-corrected chi connectivity index (χ1v) is 9.17. The lowest BCUT2D eigenvalue weighted by atomic mass is 10.0. The molecule has 1 aliphatic carbocycles. The fourth-order valence-electron chi connectivity index (χ4n) is 1.37. The number of alkyl halides is 3. The third-order valence-corrected chi connectivity index (χ3v) is 5.84. The predicted molar refractivity (Wildman–Crippen MR) is 73.2 cm³/mol. The summed E-state index contributed by atoms with van der Waals surface area (Å²) in [4.78, 5) is 0. The largest absolute Gasteiger partial charge is 0.249 e. The number of hydrogen-bond donors (Lipinski definition) is 0. The van der Waals surface area contributed by atoms with Crippen LogP contribution in [-0.4, -0.2) is 11.8 Å². The van der Waals surface area contributed by atoms with Gasteiger partial charge in [0.2, 0.25) is 12.4 Å². The maximum Gasteiger partial charge on any atom is 0.249 e. The van der Waals surface area contributed by atoms with E-state index in [0.717, 1.165) is 12.8 Å². The molecule has 0 bridgehead atoms. The molecule has 84 valence electrons. The monoisotopic (exact) mass is 428 g/mol. The van der Waals surface area contributed by atoms with Crippen molar-refractivity contribution in [2.24, 2.45) is 0 Å². The van der Waals surface area contributed by atoms with E-state index in [2.05, 4.69) is 47.8 Å². The summed E-state index contributed by atoms with van der Waals surface area (Å²) in [5, 5.41) is 0.486. The molecule has 1 fully saturated rings. The molecule has 1 aliphatic rings. The summed E-state index contributed by atoms with van der Waals surface area (Å²) in [6.07, 6.45) is 6.11. The zero-order valence-electron chi connectivity index (χ0n) is 7.38. The molecule has 0 aromatic rings. The summed E-state index contributed by atoms with van der Waals surface area (Å²) in [6, 6.07) is 0. The van der Waals surface area contributed by atoms with Crippen LogP contribution in [0.1, 0.15) is 32.1 Å². The van der Waals surface area contributed by atoms with E-state index in [1.165, 1.54) is 30.1 Å². The summed E-state index contributed by atoms with van der Waals surface area (Å²) in [6.45, 7) is 0. The normalized spacial score (nSPS) is 22.2. The Labute approximate surface area is 116 Å². The Morgan fingerprint density at radius 1 is 1.21 bits per heavy atom. The molecule has 0 aromatic heterocycles. The maximum absolute atomic E-state index is 11.5. The van der Waals surface area contributed by atoms with Gasteiger partial charge in [-0.15, -0.1) is 0 Å². The minimum Gasteiger partial charge on any atom is -0.241 e. The highest BCUT2D eigenvalue weighted by molar-refractivity contribution is 9.39. The topological polar surface area (TPSA) is 26.3 Å². The van der Waals surface area contributed by atoms with E-state index >= 15 is 0 Å². The Balaban J connectivity index is 2.25. The van der Waals surface area contributed by atoms with Gasteiger partial charge >= 0.3 is 0 Å². The van der Waals surface area contributed by atoms with Gasteiger partial charge in [-0.2, -0.15) is 0 Å². The van der Waals surface area contributed by atoms with E-state index in [0.29, 0.717) is 5.25 Å². The number of hydrogen-bond acceptors (Lipinski definition) is 3.